The highest BCUT2D eigenvalue weighted by molar-refractivity contribution is 5.94. The Morgan fingerprint density at radius 2 is 2.29 bits per heavy atom. The zero-order valence-corrected chi connectivity index (χ0v) is 9.46. The van der Waals surface area contributed by atoms with Crippen LogP contribution < -0.4 is 5.63 Å². The van der Waals surface area contributed by atoms with E-state index < -0.39 is 5.63 Å². The quantitative estimate of drug-likeness (QED) is 0.818. The summed E-state index contributed by atoms with van der Waals surface area (Å²) in [4.78, 5) is 24.6. The lowest BCUT2D eigenvalue weighted by Gasteiger charge is -2.34. The summed E-state index contributed by atoms with van der Waals surface area (Å²) in [6.45, 7) is 0.617. The minimum atomic E-state index is -0.473. The van der Waals surface area contributed by atoms with Crippen LogP contribution in [-0.4, -0.2) is 35.1 Å². The lowest BCUT2D eigenvalue weighted by atomic mass is 10.0. The zero-order valence-electron chi connectivity index (χ0n) is 9.46. The van der Waals surface area contributed by atoms with Crippen LogP contribution in [0.3, 0.4) is 0 Å². The Labute approximate surface area is 98.7 Å². The number of hydrogen-bond acceptors (Lipinski definition) is 4. The van der Waals surface area contributed by atoms with Gasteiger partial charge in [0, 0.05) is 12.6 Å². The Hall–Kier alpha value is -1.62. The van der Waals surface area contributed by atoms with Crippen molar-refractivity contribution in [3.05, 3.63) is 34.4 Å². The summed E-state index contributed by atoms with van der Waals surface area (Å²) in [6, 6.07) is 2.56. The van der Waals surface area contributed by atoms with Gasteiger partial charge in [-0.15, -0.1) is 0 Å². The molecule has 1 amide bonds. The second kappa shape index (κ2) is 5.14. The van der Waals surface area contributed by atoms with E-state index in [0.717, 1.165) is 19.3 Å². The molecule has 0 bridgehead atoms. The third-order valence-electron chi connectivity index (χ3n) is 3.05. The Bertz CT molecular complexity index is 434. The first kappa shape index (κ1) is 11.9. The fraction of sp³-hybridized carbons (Fsp3) is 0.500. The monoisotopic (exact) mass is 237 g/mol. The molecular weight excluding hydrogens is 222 g/mol. The van der Waals surface area contributed by atoms with Crippen LogP contribution >= 0.6 is 0 Å². The minimum absolute atomic E-state index is 0.0253. The first-order chi connectivity index (χ1) is 8.22. The largest absolute Gasteiger partial charge is 0.430 e. The zero-order chi connectivity index (χ0) is 12.3. The lowest BCUT2D eigenvalue weighted by Crippen LogP contribution is -2.45. The Morgan fingerprint density at radius 3 is 2.94 bits per heavy atom. The third kappa shape index (κ3) is 2.55. The number of carbonyl (C=O) groups excluding carboxylic acids is 1. The molecule has 0 saturated carbocycles. The predicted octanol–water partition coefficient (Wildman–Crippen LogP) is 0.627. The van der Waals surface area contributed by atoms with Crippen molar-refractivity contribution in [3.63, 3.8) is 0 Å². The lowest BCUT2D eigenvalue weighted by molar-refractivity contribution is 0.0500. The van der Waals surface area contributed by atoms with E-state index in [4.69, 9.17) is 0 Å². The summed E-state index contributed by atoms with van der Waals surface area (Å²) in [5.41, 5.74) is -0.121. The topological polar surface area (TPSA) is 70.8 Å². The fourth-order valence-corrected chi connectivity index (χ4v) is 2.10. The molecule has 0 spiro atoms. The van der Waals surface area contributed by atoms with Crippen LogP contribution in [0.25, 0.3) is 0 Å². The fourth-order valence-electron chi connectivity index (χ4n) is 2.10. The molecule has 1 atom stereocenters. The first-order valence-corrected chi connectivity index (χ1v) is 5.73. The predicted molar refractivity (Wildman–Crippen MR) is 60.7 cm³/mol. The highest BCUT2D eigenvalue weighted by Crippen LogP contribution is 2.18. The van der Waals surface area contributed by atoms with Gasteiger partial charge in [0.15, 0.2) is 0 Å². The van der Waals surface area contributed by atoms with Gasteiger partial charge in [-0.2, -0.15) is 0 Å². The molecule has 17 heavy (non-hydrogen) atoms. The normalized spacial score (nSPS) is 20.3. The molecule has 1 aromatic heterocycles. The molecule has 2 heterocycles. The van der Waals surface area contributed by atoms with Gasteiger partial charge in [0.2, 0.25) is 0 Å². The molecule has 92 valence electrons. The first-order valence-electron chi connectivity index (χ1n) is 5.73. The summed E-state index contributed by atoms with van der Waals surface area (Å²) in [7, 11) is 0. The Balaban J connectivity index is 2.18. The van der Waals surface area contributed by atoms with Crippen molar-refractivity contribution in [1.82, 2.24) is 4.90 Å². The maximum Gasteiger partial charge on any atom is 0.335 e. The van der Waals surface area contributed by atoms with Crippen molar-refractivity contribution >= 4 is 5.91 Å². The van der Waals surface area contributed by atoms with Crippen molar-refractivity contribution in [2.75, 3.05) is 13.2 Å². The molecule has 1 aromatic rings. The molecule has 1 fully saturated rings. The number of aliphatic hydroxyl groups excluding tert-OH is 1. The van der Waals surface area contributed by atoms with Gasteiger partial charge in [0.25, 0.3) is 5.91 Å². The van der Waals surface area contributed by atoms with E-state index in [-0.39, 0.29) is 18.6 Å². The molecular formula is C12H15NO4. The summed E-state index contributed by atoms with van der Waals surface area (Å²) in [5, 5.41) is 9.23. The van der Waals surface area contributed by atoms with E-state index in [2.05, 4.69) is 4.42 Å². The molecule has 5 heteroatoms. The maximum atomic E-state index is 12.1. The van der Waals surface area contributed by atoms with Crippen molar-refractivity contribution < 1.29 is 14.3 Å². The smallest absolute Gasteiger partial charge is 0.335 e. The highest BCUT2D eigenvalue weighted by atomic mass is 16.4. The van der Waals surface area contributed by atoms with Gasteiger partial charge in [-0.3, -0.25) is 4.79 Å². The minimum Gasteiger partial charge on any atom is -0.430 e. The van der Waals surface area contributed by atoms with Crippen molar-refractivity contribution in [2.24, 2.45) is 0 Å². The van der Waals surface area contributed by atoms with Crippen LogP contribution in [0.2, 0.25) is 0 Å². The van der Waals surface area contributed by atoms with Crippen LogP contribution in [0.1, 0.15) is 29.6 Å². The van der Waals surface area contributed by atoms with Gasteiger partial charge in [-0.25, -0.2) is 4.79 Å². The standard InChI is InChI=1S/C12H15NO4/c14-7-10-3-1-2-6-13(10)12(16)9-4-5-11(15)17-8-9/h4-5,8,10,14H,1-3,6-7H2. The van der Waals surface area contributed by atoms with Crippen molar-refractivity contribution in [3.8, 4) is 0 Å². The van der Waals surface area contributed by atoms with Crippen LogP contribution in [0.5, 0.6) is 0 Å². The average Bonchev–Trinajstić information content (AvgIpc) is 2.39. The second-order valence-electron chi connectivity index (χ2n) is 4.17. The Kier molecular flexibility index (Phi) is 3.58. The molecule has 0 aliphatic carbocycles. The number of rotatable bonds is 2. The van der Waals surface area contributed by atoms with E-state index >= 15 is 0 Å². The molecule has 1 unspecified atom stereocenters. The molecule has 5 nitrogen and oxygen atoms in total. The van der Waals surface area contributed by atoms with E-state index in [1.165, 1.54) is 18.4 Å². The number of amides is 1. The number of piperidine rings is 1. The van der Waals surface area contributed by atoms with Gasteiger partial charge < -0.3 is 14.4 Å². The van der Waals surface area contributed by atoms with E-state index in [1.807, 2.05) is 0 Å². The van der Waals surface area contributed by atoms with Gasteiger partial charge in [-0.05, 0) is 25.3 Å². The number of hydrogen-bond donors (Lipinski definition) is 1. The van der Waals surface area contributed by atoms with Crippen molar-refractivity contribution in [2.45, 2.75) is 25.3 Å². The van der Waals surface area contributed by atoms with Crippen LogP contribution in [0.4, 0.5) is 0 Å². The van der Waals surface area contributed by atoms with Crippen LogP contribution in [0, 0.1) is 0 Å². The maximum absolute atomic E-state index is 12.1. The number of aliphatic hydroxyl groups is 1. The van der Waals surface area contributed by atoms with Gasteiger partial charge in [-0.1, -0.05) is 0 Å². The van der Waals surface area contributed by atoms with Gasteiger partial charge >= 0.3 is 5.63 Å². The average molecular weight is 237 g/mol. The van der Waals surface area contributed by atoms with E-state index in [1.54, 1.807) is 4.90 Å². The molecule has 0 radical (unpaired) electrons. The van der Waals surface area contributed by atoms with Gasteiger partial charge in [0.05, 0.1) is 18.2 Å². The second-order valence-corrected chi connectivity index (χ2v) is 4.17. The summed E-state index contributed by atoms with van der Waals surface area (Å²) in [6.07, 6.45) is 3.96. The van der Waals surface area contributed by atoms with Crippen molar-refractivity contribution in [1.29, 1.82) is 0 Å². The molecule has 1 aliphatic heterocycles. The number of likely N-dealkylation sites (tertiary alicyclic amines) is 1. The number of carbonyl (C=O) groups is 1. The van der Waals surface area contributed by atoms with Gasteiger partial charge in [0.1, 0.15) is 6.26 Å². The summed E-state index contributed by atoms with van der Waals surface area (Å²) in [5.74, 6) is -0.187. The summed E-state index contributed by atoms with van der Waals surface area (Å²) < 4.78 is 4.67. The highest BCUT2D eigenvalue weighted by Gasteiger charge is 2.27. The van der Waals surface area contributed by atoms with E-state index in [9.17, 15) is 14.7 Å². The molecule has 1 saturated heterocycles. The molecule has 2 rings (SSSR count). The van der Waals surface area contributed by atoms with Crippen LogP contribution in [0.15, 0.2) is 27.6 Å². The molecule has 0 aromatic carbocycles. The van der Waals surface area contributed by atoms with Crippen LogP contribution in [-0.2, 0) is 0 Å². The summed E-state index contributed by atoms with van der Waals surface area (Å²) >= 11 is 0. The SMILES string of the molecule is O=C(c1ccc(=O)oc1)N1CCCCC1CO. The van der Waals surface area contributed by atoms with E-state index in [0.29, 0.717) is 12.1 Å². The molecule has 1 N–H and O–H groups in total. The number of nitrogens with zero attached hydrogens (tertiary/aromatic N) is 1. The Morgan fingerprint density at radius 1 is 1.47 bits per heavy atom. The molecule has 1 aliphatic rings. The third-order valence-corrected chi connectivity index (χ3v) is 3.05.